The van der Waals surface area contributed by atoms with Crippen LogP contribution in [0.4, 0.5) is 0 Å². The summed E-state index contributed by atoms with van der Waals surface area (Å²) in [7, 11) is 1.60. The second-order valence-electron chi connectivity index (χ2n) is 3.97. The molecule has 0 heterocycles. The van der Waals surface area contributed by atoms with Gasteiger partial charge < -0.3 is 15.2 Å². The molecule has 5 nitrogen and oxygen atoms in total. The minimum Gasteiger partial charge on any atom is -0.493 e. The van der Waals surface area contributed by atoms with Gasteiger partial charge in [-0.25, -0.2) is 0 Å². The lowest BCUT2D eigenvalue weighted by Crippen LogP contribution is -2.23. The Balaban J connectivity index is 2.88. The summed E-state index contributed by atoms with van der Waals surface area (Å²) in [6, 6.07) is 3.71. The second kappa shape index (κ2) is 8.76. The molecule has 1 aromatic rings. The van der Waals surface area contributed by atoms with E-state index in [1.807, 2.05) is 12.1 Å². The zero-order chi connectivity index (χ0) is 15.0. The highest BCUT2D eigenvalue weighted by Crippen LogP contribution is 2.36. The van der Waals surface area contributed by atoms with Crippen molar-refractivity contribution in [1.82, 2.24) is 5.43 Å². The molecule has 0 aliphatic rings. The molecule has 0 saturated carbocycles. The third kappa shape index (κ3) is 5.34. The van der Waals surface area contributed by atoms with Crippen LogP contribution < -0.4 is 20.6 Å². The van der Waals surface area contributed by atoms with E-state index in [9.17, 15) is 0 Å². The Hall–Kier alpha value is -1.34. The van der Waals surface area contributed by atoms with E-state index >= 15 is 0 Å². The molecule has 1 aromatic carbocycles. The number of hydrogen-bond acceptors (Lipinski definition) is 4. The van der Waals surface area contributed by atoms with Crippen molar-refractivity contribution in [1.29, 1.82) is 0 Å². The fraction of sp³-hybridized carbons (Fsp3) is 0.385. The number of halogens is 1. The molecular weight excluding hydrogens is 342 g/mol. The molecule has 110 valence electrons. The first-order valence-electron chi connectivity index (χ1n) is 6.17. The predicted molar refractivity (Wildman–Crippen MR) is 88.6 cm³/mol. The zero-order valence-corrected chi connectivity index (χ0v) is 13.9. The number of hydrazone groups is 1. The predicted octanol–water partition coefficient (Wildman–Crippen LogP) is 2.80. The van der Waals surface area contributed by atoms with Gasteiger partial charge in [-0.15, -0.1) is 0 Å². The van der Waals surface area contributed by atoms with Crippen molar-refractivity contribution in [3.63, 3.8) is 0 Å². The lowest BCUT2D eigenvalue weighted by Gasteiger charge is -2.13. The van der Waals surface area contributed by atoms with E-state index in [0.717, 1.165) is 22.9 Å². The molecule has 0 aliphatic carbocycles. The van der Waals surface area contributed by atoms with Gasteiger partial charge in [0.1, 0.15) is 0 Å². The molecule has 0 unspecified atom stereocenters. The SMILES string of the molecule is CCCCOc1c(Br)cc(/C=N/NC(N)=S)cc1OC. The van der Waals surface area contributed by atoms with Crippen molar-refractivity contribution in [3.8, 4) is 11.5 Å². The van der Waals surface area contributed by atoms with Gasteiger partial charge in [-0.3, -0.25) is 5.43 Å². The minimum atomic E-state index is 0.117. The molecule has 0 aromatic heterocycles. The number of benzene rings is 1. The molecule has 0 atom stereocenters. The molecule has 0 fully saturated rings. The lowest BCUT2D eigenvalue weighted by molar-refractivity contribution is 0.286. The Morgan fingerprint density at radius 3 is 2.90 bits per heavy atom. The van der Waals surface area contributed by atoms with E-state index < -0.39 is 0 Å². The number of nitrogens with zero attached hydrogens (tertiary/aromatic N) is 1. The van der Waals surface area contributed by atoms with Crippen molar-refractivity contribution in [2.24, 2.45) is 10.8 Å². The Kier molecular flexibility index (Phi) is 7.32. The second-order valence-corrected chi connectivity index (χ2v) is 5.26. The number of methoxy groups -OCH3 is 1. The lowest BCUT2D eigenvalue weighted by atomic mass is 10.2. The molecule has 1 rings (SSSR count). The van der Waals surface area contributed by atoms with Gasteiger partial charge in [0.25, 0.3) is 0 Å². The monoisotopic (exact) mass is 359 g/mol. The van der Waals surface area contributed by atoms with Crippen LogP contribution >= 0.6 is 28.1 Å². The maximum atomic E-state index is 5.72. The van der Waals surface area contributed by atoms with E-state index in [0.29, 0.717) is 18.1 Å². The largest absolute Gasteiger partial charge is 0.493 e. The average Bonchev–Trinajstić information content (AvgIpc) is 2.40. The van der Waals surface area contributed by atoms with Crippen LogP contribution in [-0.2, 0) is 0 Å². The summed E-state index contributed by atoms with van der Waals surface area (Å²) in [4.78, 5) is 0. The summed E-state index contributed by atoms with van der Waals surface area (Å²) in [5.74, 6) is 1.34. The maximum absolute atomic E-state index is 5.72. The smallest absolute Gasteiger partial charge is 0.184 e. The Bertz CT molecular complexity index is 495. The molecule has 0 spiro atoms. The van der Waals surface area contributed by atoms with Crippen LogP contribution in [-0.4, -0.2) is 25.0 Å². The summed E-state index contributed by atoms with van der Waals surface area (Å²) in [5.41, 5.74) is 8.62. The molecule has 0 amide bonds. The fourth-order valence-electron chi connectivity index (χ4n) is 1.44. The van der Waals surface area contributed by atoms with E-state index in [2.05, 4.69) is 45.6 Å². The van der Waals surface area contributed by atoms with Gasteiger partial charge in [0.2, 0.25) is 0 Å². The van der Waals surface area contributed by atoms with Crippen LogP contribution in [0.1, 0.15) is 25.3 Å². The van der Waals surface area contributed by atoms with Crippen LogP contribution in [0.3, 0.4) is 0 Å². The number of unbranched alkanes of at least 4 members (excludes halogenated alkanes) is 1. The van der Waals surface area contributed by atoms with E-state index in [1.165, 1.54) is 0 Å². The summed E-state index contributed by atoms with van der Waals surface area (Å²) in [5, 5.41) is 4.02. The third-order valence-corrected chi connectivity index (χ3v) is 3.06. The Morgan fingerprint density at radius 2 is 2.30 bits per heavy atom. The topological polar surface area (TPSA) is 68.9 Å². The zero-order valence-electron chi connectivity index (χ0n) is 11.5. The summed E-state index contributed by atoms with van der Waals surface area (Å²) in [6.07, 6.45) is 3.67. The quantitative estimate of drug-likeness (QED) is 0.339. The highest BCUT2D eigenvalue weighted by molar-refractivity contribution is 9.10. The Morgan fingerprint density at radius 1 is 1.55 bits per heavy atom. The molecule has 0 aliphatic heterocycles. The third-order valence-electron chi connectivity index (χ3n) is 2.38. The molecular formula is C13H18BrN3O2S. The number of thiocarbonyl (C=S) groups is 1. The summed E-state index contributed by atoms with van der Waals surface area (Å²) in [6.45, 7) is 2.77. The van der Waals surface area contributed by atoms with Gasteiger partial charge in [0.15, 0.2) is 16.6 Å². The van der Waals surface area contributed by atoms with Gasteiger partial charge in [-0.1, -0.05) is 13.3 Å². The molecule has 3 N–H and O–H groups in total. The highest BCUT2D eigenvalue weighted by Gasteiger charge is 2.10. The molecule has 0 saturated heterocycles. The average molecular weight is 360 g/mol. The van der Waals surface area contributed by atoms with Crippen LogP contribution in [0.2, 0.25) is 0 Å². The van der Waals surface area contributed by atoms with Gasteiger partial charge in [-0.2, -0.15) is 5.10 Å². The van der Waals surface area contributed by atoms with E-state index in [1.54, 1.807) is 13.3 Å². The molecule has 20 heavy (non-hydrogen) atoms. The van der Waals surface area contributed by atoms with Crippen molar-refractivity contribution in [2.45, 2.75) is 19.8 Å². The maximum Gasteiger partial charge on any atom is 0.184 e. The summed E-state index contributed by atoms with van der Waals surface area (Å²) >= 11 is 8.14. The van der Waals surface area contributed by atoms with Gasteiger partial charge in [0.05, 0.1) is 24.4 Å². The first-order chi connectivity index (χ1) is 9.58. The van der Waals surface area contributed by atoms with E-state index in [-0.39, 0.29) is 5.11 Å². The number of ether oxygens (including phenoxy) is 2. The van der Waals surface area contributed by atoms with Gasteiger partial charge in [-0.05, 0) is 52.3 Å². The van der Waals surface area contributed by atoms with Gasteiger partial charge in [0, 0.05) is 0 Å². The van der Waals surface area contributed by atoms with Crippen LogP contribution in [0, 0.1) is 0 Å². The normalized spacial score (nSPS) is 10.6. The van der Waals surface area contributed by atoms with Crippen molar-refractivity contribution >= 4 is 39.5 Å². The standard InChI is InChI=1S/C13H18BrN3O2S/c1-3-4-5-19-12-10(14)6-9(7-11(12)18-2)8-16-17-13(15)20/h6-8H,3-5H2,1-2H3,(H3,15,17,20)/b16-8+. The first-order valence-corrected chi connectivity index (χ1v) is 7.37. The van der Waals surface area contributed by atoms with Crippen LogP contribution in [0.25, 0.3) is 0 Å². The number of rotatable bonds is 7. The van der Waals surface area contributed by atoms with Crippen molar-refractivity contribution in [2.75, 3.05) is 13.7 Å². The van der Waals surface area contributed by atoms with E-state index in [4.69, 9.17) is 15.2 Å². The summed E-state index contributed by atoms with van der Waals surface area (Å²) < 4.78 is 11.9. The first kappa shape index (κ1) is 16.7. The number of nitrogens with one attached hydrogen (secondary N) is 1. The van der Waals surface area contributed by atoms with Crippen LogP contribution in [0.15, 0.2) is 21.7 Å². The van der Waals surface area contributed by atoms with Crippen molar-refractivity contribution in [3.05, 3.63) is 22.2 Å². The van der Waals surface area contributed by atoms with Gasteiger partial charge >= 0.3 is 0 Å². The minimum absolute atomic E-state index is 0.117. The number of hydrogen-bond donors (Lipinski definition) is 2. The number of nitrogens with two attached hydrogens (primary N) is 1. The highest BCUT2D eigenvalue weighted by atomic mass is 79.9. The van der Waals surface area contributed by atoms with Crippen LogP contribution in [0.5, 0.6) is 11.5 Å². The fourth-order valence-corrected chi connectivity index (χ4v) is 2.07. The molecule has 0 radical (unpaired) electrons. The molecule has 0 bridgehead atoms. The molecule has 7 heteroatoms. The van der Waals surface area contributed by atoms with Crippen molar-refractivity contribution < 1.29 is 9.47 Å². The Labute approximate surface area is 132 Å².